The predicted molar refractivity (Wildman–Crippen MR) is 82.4 cm³/mol. The summed E-state index contributed by atoms with van der Waals surface area (Å²) < 4.78 is 0. The summed E-state index contributed by atoms with van der Waals surface area (Å²) in [4.78, 5) is 27.3. The van der Waals surface area contributed by atoms with Crippen molar-refractivity contribution in [2.45, 2.75) is 40.0 Å². The standard InChI is InChI=1S/C15H29N3O3/c1-4-17(5-2)10-7-9-16-14(21)18-11-6-8-15(3,12-18)13(19)20/h4-12H2,1-3H3,(H,16,21)(H,19,20). The third-order valence-electron chi connectivity index (χ3n) is 4.32. The monoisotopic (exact) mass is 299 g/mol. The van der Waals surface area contributed by atoms with Crippen LogP contribution in [0.2, 0.25) is 0 Å². The second-order valence-corrected chi connectivity index (χ2v) is 6.00. The number of carbonyl (C=O) groups is 2. The van der Waals surface area contributed by atoms with Gasteiger partial charge in [0.05, 0.1) is 5.41 Å². The Morgan fingerprint density at radius 3 is 2.57 bits per heavy atom. The van der Waals surface area contributed by atoms with E-state index in [4.69, 9.17) is 0 Å². The predicted octanol–water partition coefficient (Wildman–Crippen LogP) is 1.61. The van der Waals surface area contributed by atoms with Gasteiger partial charge in [-0.2, -0.15) is 0 Å². The highest BCUT2D eigenvalue weighted by atomic mass is 16.4. The smallest absolute Gasteiger partial charge is 0.317 e. The molecule has 2 N–H and O–H groups in total. The molecule has 21 heavy (non-hydrogen) atoms. The van der Waals surface area contributed by atoms with Crippen molar-refractivity contribution in [3.05, 3.63) is 0 Å². The zero-order valence-electron chi connectivity index (χ0n) is 13.5. The van der Waals surface area contributed by atoms with E-state index in [0.717, 1.165) is 32.5 Å². The molecule has 1 fully saturated rings. The number of urea groups is 1. The molecule has 122 valence electrons. The molecule has 0 radical (unpaired) electrons. The van der Waals surface area contributed by atoms with Gasteiger partial charge in [0.2, 0.25) is 0 Å². The molecule has 0 aromatic carbocycles. The molecule has 1 heterocycles. The van der Waals surface area contributed by atoms with Gasteiger partial charge in [-0.1, -0.05) is 13.8 Å². The fraction of sp³-hybridized carbons (Fsp3) is 0.867. The molecule has 2 amide bonds. The maximum atomic E-state index is 12.1. The normalized spacial score (nSPS) is 22.4. The first kappa shape index (κ1) is 17.8. The van der Waals surface area contributed by atoms with Gasteiger partial charge in [-0.15, -0.1) is 0 Å². The van der Waals surface area contributed by atoms with Crippen LogP contribution in [0, 0.1) is 5.41 Å². The summed E-state index contributed by atoms with van der Waals surface area (Å²) in [6.07, 6.45) is 2.29. The Hall–Kier alpha value is -1.30. The Bertz CT molecular complexity index is 358. The van der Waals surface area contributed by atoms with Crippen molar-refractivity contribution in [1.29, 1.82) is 0 Å². The largest absolute Gasteiger partial charge is 0.481 e. The molecule has 1 saturated heterocycles. The number of carboxylic acid groups (broad SMARTS) is 1. The molecule has 1 aliphatic heterocycles. The van der Waals surface area contributed by atoms with Gasteiger partial charge in [-0.05, 0) is 45.8 Å². The minimum atomic E-state index is -0.818. The number of likely N-dealkylation sites (tertiary alicyclic amines) is 1. The molecule has 1 rings (SSSR count). The van der Waals surface area contributed by atoms with Gasteiger partial charge in [-0.3, -0.25) is 4.79 Å². The van der Waals surface area contributed by atoms with Gasteiger partial charge < -0.3 is 20.2 Å². The first-order chi connectivity index (χ1) is 9.92. The average molecular weight is 299 g/mol. The zero-order valence-corrected chi connectivity index (χ0v) is 13.5. The number of aliphatic carboxylic acids is 1. The molecule has 0 saturated carbocycles. The minimum Gasteiger partial charge on any atom is -0.481 e. The summed E-state index contributed by atoms with van der Waals surface area (Å²) in [5.41, 5.74) is -0.809. The minimum absolute atomic E-state index is 0.137. The number of amides is 2. The summed E-state index contributed by atoms with van der Waals surface area (Å²) in [5, 5.41) is 12.2. The number of nitrogens with zero attached hydrogens (tertiary/aromatic N) is 2. The number of carboxylic acids is 1. The third kappa shape index (κ3) is 5.19. The van der Waals surface area contributed by atoms with Gasteiger partial charge in [0, 0.05) is 19.6 Å². The fourth-order valence-corrected chi connectivity index (χ4v) is 2.74. The van der Waals surface area contributed by atoms with Crippen LogP contribution >= 0.6 is 0 Å². The lowest BCUT2D eigenvalue weighted by Crippen LogP contribution is -2.51. The Morgan fingerprint density at radius 1 is 1.33 bits per heavy atom. The van der Waals surface area contributed by atoms with E-state index in [2.05, 4.69) is 24.1 Å². The van der Waals surface area contributed by atoms with Crippen molar-refractivity contribution in [3.63, 3.8) is 0 Å². The zero-order chi connectivity index (χ0) is 15.9. The van der Waals surface area contributed by atoms with E-state index in [-0.39, 0.29) is 6.03 Å². The molecule has 1 unspecified atom stereocenters. The van der Waals surface area contributed by atoms with E-state index in [0.29, 0.717) is 26.1 Å². The topological polar surface area (TPSA) is 72.9 Å². The van der Waals surface area contributed by atoms with E-state index < -0.39 is 11.4 Å². The van der Waals surface area contributed by atoms with Crippen LogP contribution in [0.25, 0.3) is 0 Å². The molecular weight excluding hydrogens is 270 g/mol. The van der Waals surface area contributed by atoms with E-state index in [1.54, 1.807) is 11.8 Å². The van der Waals surface area contributed by atoms with E-state index in [1.807, 2.05) is 0 Å². The van der Waals surface area contributed by atoms with E-state index in [1.165, 1.54) is 0 Å². The maximum absolute atomic E-state index is 12.1. The Kier molecular flexibility index (Phi) is 6.95. The second kappa shape index (κ2) is 8.22. The van der Waals surface area contributed by atoms with Crippen molar-refractivity contribution >= 4 is 12.0 Å². The highest BCUT2D eigenvalue weighted by Gasteiger charge is 2.39. The molecule has 6 nitrogen and oxygen atoms in total. The maximum Gasteiger partial charge on any atom is 0.317 e. The highest BCUT2D eigenvalue weighted by Crippen LogP contribution is 2.29. The van der Waals surface area contributed by atoms with Gasteiger partial charge in [0.15, 0.2) is 0 Å². The van der Waals surface area contributed by atoms with Gasteiger partial charge >= 0.3 is 12.0 Å². The van der Waals surface area contributed by atoms with Crippen LogP contribution in [-0.2, 0) is 4.79 Å². The van der Waals surface area contributed by atoms with Crippen LogP contribution in [0.15, 0.2) is 0 Å². The fourth-order valence-electron chi connectivity index (χ4n) is 2.74. The molecule has 0 aromatic rings. The van der Waals surface area contributed by atoms with Crippen molar-refractivity contribution in [2.75, 3.05) is 39.3 Å². The van der Waals surface area contributed by atoms with Crippen LogP contribution < -0.4 is 5.32 Å². The molecule has 1 aliphatic rings. The van der Waals surface area contributed by atoms with Crippen LogP contribution in [0.4, 0.5) is 4.79 Å². The Labute approximate surface area is 127 Å². The second-order valence-electron chi connectivity index (χ2n) is 6.00. The molecule has 0 aromatic heterocycles. The first-order valence-corrected chi connectivity index (χ1v) is 7.91. The van der Waals surface area contributed by atoms with Crippen molar-refractivity contribution in [3.8, 4) is 0 Å². The van der Waals surface area contributed by atoms with Gasteiger partial charge in [0.1, 0.15) is 0 Å². The molecule has 0 aliphatic carbocycles. The number of hydrogen-bond donors (Lipinski definition) is 2. The SMILES string of the molecule is CCN(CC)CCCNC(=O)N1CCCC(C)(C(=O)O)C1. The number of rotatable bonds is 7. The lowest BCUT2D eigenvalue weighted by Gasteiger charge is -2.37. The Morgan fingerprint density at radius 2 is 2.00 bits per heavy atom. The molecular formula is C15H29N3O3. The average Bonchev–Trinajstić information content (AvgIpc) is 2.47. The third-order valence-corrected chi connectivity index (χ3v) is 4.32. The summed E-state index contributed by atoms with van der Waals surface area (Å²) >= 11 is 0. The van der Waals surface area contributed by atoms with Crippen molar-refractivity contribution < 1.29 is 14.7 Å². The molecule has 0 bridgehead atoms. The molecule has 6 heteroatoms. The van der Waals surface area contributed by atoms with Crippen molar-refractivity contribution in [1.82, 2.24) is 15.1 Å². The van der Waals surface area contributed by atoms with Crippen LogP contribution in [0.5, 0.6) is 0 Å². The highest BCUT2D eigenvalue weighted by molar-refractivity contribution is 5.78. The van der Waals surface area contributed by atoms with Crippen LogP contribution in [0.3, 0.4) is 0 Å². The van der Waals surface area contributed by atoms with Crippen LogP contribution in [0.1, 0.15) is 40.0 Å². The number of carbonyl (C=O) groups excluding carboxylic acids is 1. The van der Waals surface area contributed by atoms with E-state index in [9.17, 15) is 14.7 Å². The summed E-state index contributed by atoms with van der Waals surface area (Å²) in [6.45, 7) is 10.6. The van der Waals surface area contributed by atoms with Gasteiger partial charge in [0.25, 0.3) is 0 Å². The quantitative estimate of drug-likeness (QED) is 0.701. The number of hydrogen-bond acceptors (Lipinski definition) is 3. The van der Waals surface area contributed by atoms with E-state index >= 15 is 0 Å². The molecule has 1 atom stereocenters. The number of nitrogens with one attached hydrogen (secondary N) is 1. The van der Waals surface area contributed by atoms with Crippen LogP contribution in [-0.4, -0.2) is 66.2 Å². The number of piperidine rings is 1. The Balaban J connectivity index is 2.33. The summed E-state index contributed by atoms with van der Waals surface area (Å²) in [7, 11) is 0. The first-order valence-electron chi connectivity index (χ1n) is 7.91. The molecule has 0 spiro atoms. The van der Waals surface area contributed by atoms with Crippen molar-refractivity contribution in [2.24, 2.45) is 5.41 Å². The summed E-state index contributed by atoms with van der Waals surface area (Å²) in [6, 6.07) is -0.137. The van der Waals surface area contributed by atoms with Gasteiger partial charge in [-0.25, -0.2) is 4.79 Å². The lowest BCUT2D eigenvalue weighted by atomic mass is 9.82. The summed E-state index contributed by atoms with van der Waals surface area (Å²) in [5.74, 6) is -0.818. The lowest BCUT2D eigenvalue weighted by molar-refractivity contribution is -0.150.